The summed E-state index contributed by atoms with van der Waals surface area (Å²) in [4.78, 5) is 16.3. The van der Waals surface area contributed by atoms with Gasteiger partial charge in [0.2, 0.25) is 5.91 Å². The number of amides is 1. The van der Waals surface area contributed by atoms with E-state index in [2.05, 4.69) is 4.90 Å². The maximum absolute atomic E-state index is 12.0. The number of nitrogens with zero attached hydrogens (tertiary/aromatic N) is 2. The Hall–Kier alpha value is -0.690. The van der Waals surface area contributed by atoms with Gasteiger partial charge in [-0.2, -0.15) is 0 Å². The highest BCUT2D eigenvalue weighted by Gasteiger charge is 2.20. The predicted molar refractivity (Wildman–Crippen MR) is 79.1 cm³/mol. The lowest BCUT2D eigenvalue weighted by Crippen LogP contribution is -2.41. The van der Waals surface area contributed by atoms with Crippen LogP contribution in [0.4, 0.5) is 0 Å². The number of likely N-dealkylation sites (tertiary alicyclic amines) is 1. The molecular formula is C15H28N2O4. The molecule has 1 N–H and O–H groups in total. The van der Waals surface area contributed by atoms with Crippen molar-refractivity contribution >= 4 is 5.91 Å². The van der Waals surface area contributed by atoms with Gasteiger partial charge in [-0.05, 0) is 25.8 Å². The first-order valence-corrected chi connectivity index (χ1v) is 8.10. The maximum Gasteiger partial charge on any atom is 0.222 e. The molecule has 6 nitrogen and oxygen atoms in total. The third kappa shape index (κ3) is 5.90. The van der Waals surface area contributed by atoms with Crippen molar-refractivity contribution in [1.82, 2.24) is 9.80 Å². The number of aliphatic hydroxyl groups excluding tert-OH is 1. The van der Waals surface area contributed by atoms with Crippen LogP contribution in [-0.4, -0.2) is 86.1 Å². The summed E-state index contributed by atoms with van der Waals surface area (Å²) in [6.45, 7) is 6.42. The molecule has 0 spiro atoms. The van der Waals surface area contributed by atoms with Gasteiger partial charge in [0.15, 0.2) is 0 Å². The van der Waals surface area contributed by atoms with Crippen LogP contribution in [0.2, 0.25) is 0 Å². The molecule has 0 aliphatic carbocycles. The number of aliphatic hydroxyl groups is 1. The van der Waals surface area contributed by atoms with Gasteiger partial charge >= 0.3 is 0 Å². The van der Waals surface area contributed by atoms with Gasteiger partial charge in [0.1, 0.15) is 0 Å². The van der Waals surface area contributed by atoms with E-state index in [-0.39, 0.29) is 12.5 Å². The van der Waals surface area contributed by atoms with Crippen molar-refractivity contribution < 1.29 is 19.4 Å². The average molecular weight is 300 g/mol. The summed E-state index contributed by atoms with van der Waals surface area (Å²) in [7, 11) is 0. The van der Waals surface area contributed by atoms with Gasteiger partial charge < -0.3 is 24.4 Å². The van der Waals surface area contributed by atoms with Crippen LogP contribution in [0.3, 0.4) is 0 Å². The molecule has 0 aromatic rings. The fourth-order valence-corrected chi connectivity index (χ4v) is 2.94. The molecule has 2 saturated heterocycles. The highest BCUT2D eigenvalue weighted by Crippen LogP contribution is 2.14. The zero-order valence-electron chi connectivity index (χ0n) is 12.8. The molecule has 21 heavy (non-hydrogen) atoms. The van der Waals surface area contributed by atoms with E-state index in [0.717, 1.165) is 52.0 Å². The van der Waals surface area contributed by atoms with Crippen LogP contribution >= 0.6 is 0 Å². The second kappa shape index (κ2) is 9.35. The average Bonchev–Trinajstić information content (AvgIpc) is 2.55. The molecule has 2 aliphatic heterocycles. The van der Waals surface area contributed by atoms with Crippen LogP contribution in [0.5, 0.6) is 0 Å². The van der Waals surface area contributed by atoms with E-state index in [1.807, 2.05) is 4.90 Å². The molecule has 0 aromatic heterocycles. The first-order valence-electron chi connectivity index (χ1n) is 8.10. The fraction of sp³-hybridized carbons (Fsp3) is 0.933. The Labute approximate surface area is 127 Å². The summed E-state index contributed by atoms with van der Waals surface area (Å²) in [5.41, 5.74) is 0. The Morgan fingerprint density at radius 3 is 2.57 bits per heavy atom. The first kappa shape index (κ1) is 16.7. The van der Waals surface area contributed by atoms with E-state index in [1.54, 1.807) is 0 Å². The smallest absolute Gasteiger partial charge is 0.222 e. The molecule has 0 atom stereocenters. The summed E-state index contributed by atoms with van der Waals surface area (Å²) < 4.78 is 10.8. The van der Waals surface area contributed by atoms with Crippen molar-refractivity contribution in [3.8, 4) is 0 Å². The number of rotatable bonds is 7. The van der Waals surface area contributed by atoms with Crippen LogP contribution in [0.25, 0.3) is 0 Å². The summed E-state index contributed by atoms with van der Waals surface area (Å²) in [5.74, 6) is 0.263. The minimum absolute atomic E-state index is 0.101. The quantitative estimate of drug-likeness (QED) is 0.722. The van der Waals surface area contributed by atoms with Crippen LogP contribution < -0.4 is 0 Å². The van der Waals surface area contributed by atoms with Crippen molar-refractivity contribution in [1.29, 1.82) is 0 Å². The standard InChI is InChI=1S/C15H28N2O4/c18-10-13-21-14-3-6-16(7-4-14)5-1-2-15(19)17-8-11-20-12-9-17/h14,18H,1-13H2. The third-order valence-electron chi connectivity index (χ3n) is 4.21. The SMILES string of the molecule is O=C(CCCN1CCC(OCCO)CC1)N1CCOCC1. The number of morpholine rings is 1. The second-order valence-corrected chi connectivity index (χ2v) is 5.73. The normalized spacial score (nSPS) is 21.7. The summed E-state index contributed by atoms with van der Waals surface area (Å²) in [6.07, 6.45) is 3.91. The third-order valence-corrected chi connectivity index (χ3v) is 4.21. The van der Waals surface area contributed by atoms with Gasteiger partial charge in [0, 0.05) is 32.6 Å². The molecule has 0 radical (unpaired) electrons. The van der Waals surface area contributed by atoms with Crippen molar-refractivity contribution in [2.24, 2.45) is 0 Å². The number of piperidine rings is 1. The topological polar surface area (TPSA) is 62.2 Å². The predicted octanol–water partition coefficient (Wildman–Crippen LogP) is 0.0987. The van der Waals surface area contributed by atoms with E-state index in [1.165, 1.54) is 0 Å². The lowest BCUT2D eigenvalue weighted by molar-refractivity contribution is -0.135. The number of ether oxygens (including phenoxy) is 2. The minimum Gasteiger partial charge on any atom is -0.394 e. The monoisotopic (exact) mass is 300 g/mol. The largest absolute Gasteiger partial charge is 0.394 e. The summed E-state index contributed by atoms with van der Waals surface area (Å²) in [5, 5.41) is 8.75. The molecule has 0 bridgehead atoms. The molecule has 0 aromatic carbocycles. The van der Waals surface area contributed by atoms with Gasteiger partial charge in [0.25, 0.3) is 0 Å². The Bertz CT molecular complexity index is 300. The Kier molecular flexibility index (Phi) is 7.43. The van der Waals surface area contributed by atoms with E-state index >= 15 is 0 Å². The number of carbonyl (C=O) groups excluding carboxylic acids is 1. The number of hydrogen-bond donors (Lipinski definition) is 1. The van der Waals surface area contributed by atoms with E-state index < -0.39 is 0 Å². The van der Waals surface area contributed by atoms with Gasteiger partial charge in [-0.3, -0.25) is 4.79 Å². The molecule has 122 valence electrons. The van der Waals surface area contributed by atoms with Gasteiger partial charge in [-0.25, -0.2) is 0 Å². The van der Waals surface area contributed by atoms with E-state index in [0.29, 0.717) is 32.3 Å². The first-order chi connectivity index (χ1) is 10.3. The second-order valence-electron chi connectivity index (χ2n) is 5.73. The molecule has 2 fully saturated rings. The Morgan fingerprint density at radius 2 is 1.90 bits per heavy atom. The Balaban J connectivity index is 1.54. The van der Waals surface area contributed by atoms with Crippen molar-refractivity contribution in [2.45, 2.75) is 31.8 Å². The van der Waals surface area contributed by atoms with Crippen LogP contribution in [0.1, 0.15) is 25.7 Å². The fourth-order valence-electron chi connectivity index (χ4n) is 2.94. The maximum atomic E-state index is 12.0. The Morgan fingerprint density at radius 1 is 1.19 bits per heavy atom. The zero-order chi connectivity index (χ0) is 14.9. The number of carbonyl (C=O) groups is 1. The minimum atomic E-state index is 0.101. The van der Waals surface area contributed by atoms with Crippen LogP contribution in [0, 0.1) is 0 Å². The summed E-state index contributed by atoms with van der Waals surface area (Å²) >= 11 is 0. The van der Waals surface area contributed by atoms with E-state index in [9.17, 15) is 4.79 Å². The van der Waals surface area contributed by atoms with Gasteiger partial charge in [-0.15, -0.1) is 0 Å². The van der Waals surface area contributed by atoms with Gasteiger partial charge in [0.05, 0.1) is 32.5 Å². The molecule has 6 heteroatoms. The molecular weight excluding hydrogens is 272 g/mol. The lowest BCUT2D eigenvalue weighted by atomic mass is 10.1. The molecule has 0 saturated carbocycles. The number of hydrogen-bond acceptors (Lipinski definition) is 5. The van der Waals surface area contributed by atoms with Gasteiger partial charge in [-0.1, -0.05) is 0 Å². The molecule has 2 rings (SSSR count). The van der Waals surface area contributed by atoms with Crippen molar-refractivity contribution in [3.05, 3.63) is 0 Å². The molecule has 0 unspecified atom stereocenters. The highest BCUT2D eigenvalue weighted by atomic mass is 16.5. The van der Waals surface area contributed by atoms with Crippen molar-refractivity contribution in [2.75, 3.05) is 59.2 Å². The molecule has 2 heterocycles. The molecule has 2 aliphatic rings. The lowest BCUT2D eigenvalue weighted by Gasteiger charge is -2.32. The molecule has 1 amide bonds. The van der Waals surface area contributed by atoms with Crippen molar-refractivity contribution in [3.63, 3.8) is 0 Å². The van der Waals surface area contributed by atoms with E-state index in [4.69, 9.17) is 14.6 Å². The zero-order valence-corrected chi connectivity index (χ0v) is 12.8. The van der Waals surface area contributed by atoms with Crippen LogP contribution in [-0.2, 0) is 14.3 Å². The van der Waals surface area contributed by atoms with Crippen LogP contribution in [0.15, 0.2) is 0 Å². The summed E-state index contributed by atoms with van der Waals surface area (Å²) in [6, 6.07) is 0. The highest BCUT2D eigenvalue weighted by molar-refractivity contribution is 5.76.